The maximum Gasteiger partial charge on any atom is 0.265 e. The highest BCUT2D eigenvalue weighted by molar-refractivity contribution is 7.13. The first-order valence-corrected chi connectivity index (χ1v) is 8.84. The summed E-state index contributed by atoms with van der Waals surface area (Å²) < 4.78 is 5.89. The number of rotatable bonds is 4. The third-order valence-electron chi connectivity index (χ3n) is 4.14. The number of likely N-dealkylation sites (tertiary alicyclic amines) is 1. The number of amides is 1. The lowest BCUT2D eigenvalue weighted by atomic mass is 9.99. The quantitative estimate of drug-likeness (QED) is 0.858. The Bertz CT molecular complexity index is 666. The second-order valence-corrected chi connectivity index (χ2v) is 7.36. The monoisotopic (exact) mass is 330 g/mol. The molecular weight excluding hydrogens is 308 g/mol. The predicted molar refractivity (Wildman–Crippen MR) is 92.2 cm³/mol. The van der Waals surface area contributed by atoms with Crippen LogP contribution in [0.3, 0.4) is 0 Å². The summed E-state index contributed by atoms with van der Waals surface area (Å²) in [7, 11) is 0. The number of hydrogen-bond donors (Lipinski definition) is 0. The van der Waals surface area contributed by atoms with Crippen LogP contribution in [0.4, 0.5) is 0 Å². The zero-order chi connectivity index (χ0) is 16.2. The van der Waals surface area contributed by atoms with Gasteiger partial charge in [0.2, 0.25) is 0 Å². The van der Waals surface area contributed by atoms with Crippen LogP contribution < -0.4 is 4.74 Å². The lowest BCUT2D eigenvalue weighted by Crippen LogP contribution is -2.41. The van der Waals surface area contributed by atoms with Gasteiger partial charge in [-0.2, -0.15) is 0 Å². The fraction of sp³-hybridized carbons (Fsp3) is 0.444. The maximum absolute atomic E-state index is 12.5. The molecule has 1 unspecified atom stereocenters. The molecule has 1 fully saturated rings. The number of carbonyl (C=O) groups excluding carboxylic acids is 1. The van der Waals surface area contributed by atoms with Gasteiger partial charge in [0.05, 0.1) is 17.8 Å². The summed E-state index contributed by atoms with van der Waals surface area (Å²) in [6, 6.07) is 8.11. The Morgan fingerprint density at radius 2 is 2.13 bits per heavy atom. The summed E-state index contributed by atoms with van der Waals surface area (Å²) in [5.41, 5.74) is 1.23. The number of ether oxygens (including phenoxy) is 1. The Hall–Kier alpha value is -1.88. The fourth-order valence-corrected chi connectivity index (χ4v) is 3.60. The van der Waals surface area contributed by atoms with E-state index >= 15 is 0 Å². The number of carbonyl (C=O) groups is 1. The molecule has 1 aromatic carbocycles. The van der Waals surface area contributed by atoms with Crippen molar-refractivity contribution in [1.29, 1.82) is 0 Å². The van der Waals surface area contributed by atoms with Crippen LogP contribution in [0, 0.1) is 19.8 Å². The van der Waals surface area contributed by atoms with Gasteiger partial charge in [-0.1, -0.05) is 17.7 Å². The molecule has 5 heteroatoms. The Kier molecular flexibility index (Phi) is 4.96. The Morgan fingerprint density at radius 3 is 2.83 bits per heavy atom. The van der Waals surface area contributed by atoms with E-state index in [-0.39, 0.29) is 5.91 Å². The number of thiazole rings is 1. The van der Waals surface area contributed by atoms with Crippen molar-refractivity contribution in [3.63, 3.8) is 0 Å². The molecule has 1 aliphatic rings. The molecule has 1 amide bonds. The molecule has 3 rings (SSSR count). The standard InChI is InChI=1S/C18H22N2O2S/c1-13-5-7-16(8-6-13)22-12-15-4-3-9-20(11-15)18(21)17-10-19-14(2)23-17/h5-8,10,15H,3-4,9,11-12H2,1-2H3. The fourth-order valence-electron chi connectivity index (χ4n) is 2.85. The number of piperidine rings is 1. The third-order valence-corrected chi connectivity index (χ3v) is 5.05. The number of hydrogen-bond acceptors (Lipinski definition) is 4. The van der Waals surface area contributed by atoms with Gasteiger partial charge in [-0.05, 0) is 38.8 Å². The van der Waals surface area contributed by atoms with E-state index in [2.05, 4.69) is 24.0 Å². The van der Waals surface area contributed by atoms with Gasteiger partial charge in [-0.25, -0.2) is 4.98 Å². The maximum atomic E-state index is 12.5. The van der Waals surface area contributed by atoms with Crippen molar-refractivity contribution in [3.05, 3.63) is 45.9 Å². The van der Waals surface area contributed by atoms with Gasteiger partial charge in [-0.3, -0.25) is 4.79 Å². The van der Waals surface area contributed by atoms with Crippen molar-refractivity contribution >= 4 is 17.2 Å². The Labute approximate surface area is 141 Å². The second-order valence-electron chi connectivity index (χ2n) is 6.13. The van der Waals surface area contributed by atoms with Crippen LogP contribution >= 0.6 is 11.3 Å². The molecule has 0 spiro atoms. The number of aromatic nitrogens is 1. The van der Waals surface area contributed by atoms with Gasteiger partial charge in [0, 0.05) is 19.0 Å². The molecule has 4 nitrogen and oxygen atoms in total. The molecule has 1 atom stereocenters. The summed E-state index contributed by atoms with van der Waals surface area (Å²) in [6.07, 6.45) is 3.83. The third kappa shape index (κ3) is 4.10. The highest BCUT2D eigenvalue weighted by atomic mass is 32.1. The lowest BCUT2D eigenvalue weighted by molar-refractivity contribution is 0.0638. The van der Waals surface area contributed by atoms with E-state index in [1.54, 1.807) is 6.20 Å². The molecule has 2 aromatic rings. The van der Waals surface area contributed by atoms with E-state index in [0.717, 1.165) is 41.6 Å². The number of aryl methyl sites for hydroxylation is 2. The first-order chi connectivity index (χ1) is 11.1. The van der Waals surface area contributed by atoms with Crippen LogP contribution in [0.2, 0.25) is 0 Å². The van der Waals surface area contributed by atoms with Crippen LogP contribution in [0.25, 0.3) is 0 Å². The molecule has 0 radical (unpaired) electrons. The molecular formula is C18H22N2O2S. The van der Waals surface area contributed by atoms with Gasteiger partial charge in [0.1, 0.15) is 10.6 Å². The molecule has 0 saturated carbocycles. The molecule has 23 heavy (non-hydrogen) atoms. The average molecular weight is 330 g/mol. The summed E-state index contributed by atoms with van der Waals surface area (Å²) in [6.45, 7) is 6.25. The van der Waals surface area contributed by atoms with Crippen LogP contribution in [0.15, 0.2) is 30.5 Å². The lowest BCUT2D eigenvalue weighted by Gasteiger charge is -2.32. The van der Waals surface area contributed by atoms with Crippen molar-refractivity contribution in [3.8, 4) is 5.75 Å². The van der Waals surface area contributed by atoms with E-state index in [1.807, 2.05) is 24.0 Å². The summed E-state index contributed by atoms with van der Waals surface area (Å²) in [4.78, 5) is 19.4. The van der Waals surface area contributed by atoms with Crippen molar-refractivity contribution in [2.75, 3.05) is 19.7 Å². The van der Waals surface area contributed by atoms with E-state index in [0.29, 0.717) is 12.5 Å². The van der Waals surface area contributed by atoms with Crippen molar-refractivity contribution in [1.82, 2.24) is 9.88 Å². The van der Waals surface area contributed by atoms with Crippen molar-refractivity contribution < 1.29 is 9.53 Å². The van der Waals surface area contributed by atoms with Crippen LogP contribution in [0.1, 0.15) is 33.1 Å². The van der Waals surface area contributed by atoms with Crippen LogP contribution in [-0.4, -0.2) is 35.5 Å². The van der Waals surface area contributed by atoms with Crippen molar-refractivity contribution in [2.24, 2.45) is 5.92 Å². The Balaban J connectivity index is 1.55. The van der Waals surface area contributed by atoms with Gasteiger partial charge in [0.25, 0.3) is 5.91 Å². The zero-order valence-corrected chi connectivity index (χ0v) is 14.4. The summed E-state index contributed by atoms with van der Waals surface area (Å²) in [5, 5.41) is 0.935. The minimum Gasteiger partial charge on any atom is -0.493 e. The molecule has 1 aliphatic heterocycles. The Morgan fingerprint density at radius 1 is 1.35 bits per heavy atom. The summed E-state index contributed by atoms with van der Waals surface area (Å²) >= 11 is 1.47. The van der Waals surface area contributed by atoms with Crippen LogP contribution in [-0.2, 0) is 0 Å². The first kappa shape index (κ1) is 16.0. The molecule has 2 heterocycles. The van der Waals surface area contributed by atoms with E-state index in [4.69, 9.17) is 4.74 Å². The number of benzene rings is 1. The topological polar surface area (TPSA) is 42.4 Å². The molecule has 0 N–H and O–H groups in total. The van der Waals surface area contributed by atoms with E-state index < -0.39 is 0 Å². The molecule has 1 aromatic heterocycles. The largest absolute Gasteiger partial charge is 0.493 e. The zero-order valence-electron chi connectivity index (χ0n) is 13.6. The number of nitrogens with zero attached hydrogens (tertiary/aromatic N) is 2. The van der Waals surface area contributed by atoms with Gasteiger partial charge < -0.3 is 9.64 Å². The van der Waals surface area contributed by atoms with Crippen LogP contribution in [0.5, 0.6) is 5.75 Å². The van der Waals surface area contributed by atoms with Gasteiger partial charge >= 0.3 is 0 Å². The average Bonchev–Trinajstić information content (AvgIpc) is 3.00. The smallest absolute Gasteiger partial charge is 0.265 e. The first-order valence-electron chi connectivity index (χ1n) is 8.03. The predicted octanol–water partition coefficient (Wildman–Crippen LogP) is 3.69. The van der Waals surface area contributed by atoms with Crippen molar-refractivity contribution in [2.45, 2.75) is 26.7 Å². The minimum absolute atomic E-state index is 0.107. The minimum atomic E-state index is 0.107. The second kappa shape index (κ2) is 7.13. The summed E-state index contributed by atoms with van der Waals surface area (Å²) in [5.74, 6) is 1.40. The molecule has 0 bridgehead atoms. The normalized spacial score (nSPS) is 18.0. The highest BCUT2D eigenvalue weighted by Gasteiger charge is 2.25. The van der Waals surface area contributed by atoms with Gasteiger partial charge in [0.15, 0.2) is 0 Å². The van der Waals surface area contributed by atoms with Gasteiger partial charge in [-0.15, -0.1) is 11.3 Å². The highest BCUT2D eigenvalue weighted by Crippen LogP contribution is 2.22. The van der Waals surface area contributed by atoms with E-state index in [1.165, 1.54) is 16.9 Å². The molecule has 0 aliphatic carbocycles. The molecule has 1 saturated heterocycles. The SMILES string of the molecule is Cc1ccc(OCC2CCCN(C(=O)c3cnc(C)s3)C2)cc1. The van der Waals surface area contributed by atoms with E-state index in [9.17, 15) is 4.79 Å². The molecule has 122 valence electrons.